The van der Waals surface area contributed by atoms with Crippen molar-refractivity contribution in [2.75, 3.05) is 24.8 Å². The smallest absolute Gasteiger partial charge is 0.265 e. The summed E-state index contributed by atoms with van der Waals surface area (Å²) in [6.45, 7) is 1.10. The van der Waals surface area contributed by atoms with Crippen LogP contribution in [0, 0.1) is 0 Å². The number of rotatable bonds is 3. The normalized spacial score (nSPS) is 16.0. The van der Waals surface area contributed by atoms with Crippen molar-refractivity contribution in [3.63, 3.8) is 0 Å². The predicted molar refractivity (Wildman–Crippen MR) is 103 cm³/mol. The average molecular weight is 376 g/mol. The Morgan fingerprint density at radius 1 is 1.08 bits per heavy atom. The van der Waals surface area contributed by atoms with E-state index in [9.17, 15) is 4.79 Å². The Hall–Kier alpha value is -1.66. The van der Waals surface area contributed by atoms with Gasteiger partial charge in [-0.1, -0.05) is 6.42 Å². The van der Waals surface area contributed by atoms with Crippen LogP contribution in [0.3, 0.4) is 0 Å². The topological polar surface area (TPSA) is 47.6 Å². The number of carbonyl (C=O) groups excluding carboxylic acids is 1. The van der Waals surface area contributed by atoms with E-state index in [0.29, 0.717) is 19.0 Å². The van der Waals surface area contributed by atoms with Gasteiger partial charge in [0.05, 0.1) is 10.6 Å². The summed E-state index contributed by atoms with van der Waals surface area (Å²) in [5, 5.41) is 3.07. The van der Waals surface area contributed by atoms with Crippen molar-refractivity contribution in [1.29, 1.82) is 0 Å². The molecule has 4 nitrogen and oxygen atoms in total. The Labute approximate surface area is 155 Å². The second-order valence-electron chi connectivity index (χ2n) is 6.27. The fraction of sp³-hybridized carbons (Fsp3) is 0.421. The first-order chi connectivity index (χ1) is 12.2. The second kappa shape index (κ2) is 7.30. The van der Waals surface area contributed by atoms with Gasteiger partial charge in [-0.15, -0.1) is 23.1 Å². The summed E-state index contributed by atoms with van der Waals surface area (Å²) >= 11 is 3.23. The lowest BCUT2D eigenvalue weighted by atomic mass is 10.1. The highest BCUT2D eigenvalue weighted by atomic mass is 32.2. The van der Waals surface area contributed by atoms with E-state index < -0.39 is 0 Å². The third-order valence-electron chi connectivity index (χ3n) is 4.58. The quantitative estimate of drug-likeness (QED) is 0.620. The molecule has 1 N–H and O–H groups in total. The Morgan fingerprint density at radius 3 is 2.64 bits per heavy atom. The minimum Gasteiger partial charge on any atom is -0.486 e. The third-order valence-corrected chi connectivity index (χ3v) is 6.60. The summed E-state index contributed by atoms with van der Waals surface area (Å²) in [5.41, 5.74) is 2.14. The molecule has 0 unspecified atom stereocenters. The Morgan fingerprint density at radius 2 is 1.84 bits per heavy atom. The molecule has 25 heavy (non-hydrogen) atoms. The number of nitrogens with one attached hydrogen (secondary N) is 1. The SMILES string of the molecule is CSc1cc2c(cc1NC(=O)c1cc3c(s1)CCCCC3)OCCO2. The van der Waals surface area contributed by atoms with Crippen LogP contribution in [0.4, 0.5) is 5.69 Å². The maximum atomic E-state index is 12.8. The lowest BCUT2D eigenvalue weighted by molar-refractivity contribution is 0.103. The van der Waals surface area contributed by atoms with E-state index in [1.807, 2.05) is 18.4 Å². The van der Waals surface area contributed by atoms with Gasteiger partial charge in [-0.25, -0.2) is 0 Å². The zero-order chi connectivity index (χ0) is 17.2. The van der Waals surface area contributed by atoms with Crippen molar-refractivity contribution >= 4 is 34.7 Å². The fourth-order valence-corrected chi connectivity index (χ4v) is 5.00. The van der Waals surface area contributed by atoms with E-state index in [1.165, 1.54) is 29.7 Å². The molecular weight excluding hydrogens is 354 g/mol. The number of benzene rings is 1. The van der Waals surface area contributed by atoms with Gasteiger partial charge in [-0.2, -0.15) is 0 Å². The van der Waals surface area contributed by atoms with Crippen LogP contribution >= 0.6 is 23.1 Å². The molecule has 1 aliphatic carbocycles. The maximum Gasteiger partial charge on any atom is 0.265 e. The summed E-state index contributed by atoms with van der Waals surface area (Å²) in [7, 11) is 0. The zero-order valence-corrected chi connectivity index (χ0v) is 15.9. The van der Waals surface area contributed by atoms with Crippen molar-refractivity contribution in [2.45, 2.75) is 37.0 Å². The van der Waals surface area contributed by atoms with Crippen LogP contribution in [0.15, 0.2) is 23.1 Å². The molecule has 1 aromatic carbocycles. The van der Waals surface area contributed by atoms with Crippen molar-refractivity contribution in [3.05, 3.63) is 33.5 Å². The van der Waals surface area contributed by atoms with Crippen molar-refractivity contribution in [3.8, 4) is 11.5 Å². The minimum absolute atomic E-state index is 0.0370. The van der Waals surface area contributed by atoms with E-state index in [4.69, 9.17) is 9.47 Å². The number of thiophene rings is 1. The van der Waals surface area contributed by atoms with Crippen molar-refractivity contribution in [2.24, 2.45) is 0 Å². The van der Waals surface area contributed by atoms with Crippen LogP contribution in [-0.2, 0) is 12.8 Å². The molecule has 2 aromatic rings. The maximum absolute atomic E-state index is 12.8. The summed E-state index contributed by atoms with van der Waals surface area (Å²) in [4.78, 5) is 15.9. The number of carbonyl (C=O) groups is 1. The summed E-state index contributed by atoms with van der Waals surface area (Å²) < 4.78 is 11.3. The molecule has 0 atom stereocenters. The number of thioether (sulfide) groups is 1. The highest BCUT2D eigenvalue weighted by Gasteiger charge is 2.20. The largest absolute Gasteiger partial charge is 0.486 e. The highest BCUT2D eigenvalue weighted by Crippen LogP contribution is 2.39. The number of hydrogen-bond acceptors (Lipinski definition) is 5. The molecule has 2 aliphatic rings. The van der Waals surface area contributed by atoms with E-state index in [1.54, 1.807) is 23.1 Å². The van der Waals surface area contributed by atoms with Gasteiger partial charge in [0.1, 0.15) is 13.2 Å². The molecule has 1 aliphatic heterocycles. The van der Waals surface area contributed by atoms with Gasteiger partial charge in [-0.05, 0) is 49.6 Å². The number of fused-ring (bicyclic) bond motifs is 2. The molecule has 0 radical (unpaired) electrons. The molecule has 0 spiro atoms. The number of anilines is 1. The van der Waals surface area contributed by atoms with Crippen LogP contribution in [0.1, 0.15) is 39.4 Å². The Bertz CT molecular complexity index is 777. The van der Waals surface area contributed by atoms with Gasteiger partial charge < -0.3 is 14.8 Å². The van der Waals surface area contributed by atoms with Crippen LogP contribution < -0.4 is 14.8 Å². The van der Waals surface area contributed by atoms with Gasteiger partial charge >= 0.3 is 0 Å². The van der Waals surface area contributed by atoms with Gasteiger partial charge in [0.15, 0.2) is 11.5 Å². The lowest BCUT2D eigenvalue weighted by Crippen LogP contribution is -2.16. The van der Waals surface area contributed by atoms with Crippen LogP contribution in [-0.4, -0.2) is 25.4 Å². The number of ether oxygens (including phenoxy) is 2. The number of amides is 1. The zero-order valence-electron chi connectivity index (χ0n) is 14.2. The van der Waals surface area contributed by atoms with Gasteiger partial charge in [0.2, 0.25) is 0 Å². The minimum atomic E-state index is -0.0370. The first-order valence-corrected chi connectivity index (χ1v) is 10.7. The van der Waals surface area contributed by atoms with Crippen molar-refractivity contribution in [1.82, 2.24) is 0 Å². The molecule has 6 heteroatoms. The molecule has 1 amide bonds. The standard InChI is InChI=1S/C19H21NO3S2/c1-24-17-11-15-14(22-7-8-23-15)10-13(17)20-19(21)18-9-12-5-3-2-4-6-16(12)25-18/h9-11H,2-8H2,1H3,(H,20,21). The van der Waals surface area contributed by atoms with Gasteiger partial charge in [0, 0.05) is 15.8 Å². The molecule has 2 heterocycles. The van der Waals surface area contributed by atoms with Crippen LogP contribution in [0.25, 0.3) is 0 Å². The molecule has 1 aromatic heterocycles. The molecule has 0 fully saturated rings. The Kier molecular flexibility index (Phi) is 4.90. The second-order valence-corrected chi connectivity index (χ2v) is 8.25. The van der Waals surface area contributed by atoms with E-state index in [-0.39, 0.29) is 5.91 Å². The molecule has 4 rings (SSSR count). The number of hydrogen-bond donors (Lipinski definition) is 1. The van der Waals surface area contributed by atoms with E-state index >= 15 is 0 Å². The van der Waals surface area contributed by atoms with E-state index in [0.717, 1.165) is 34.1 Å². The fourth-order valence-electron chi connectivity index (χ4n) is 3.30. The molecule has 0 saturated heterocycles. The third kappa shape index (κ3) is 3.51. The van der Waals surface area contributed by atoms with Gasteiger partial charge in [-0.3, -0.25) is 4.79 Å². The summed E-state index contributed by atoms with van der Waals surface area (Å²) in [6, 6.07) is 5.90. The molecule has 0 saturated carbocycles. The van der Waals surface area contributed by atoms with Gasteiger partial charge in [0.25, 0.3) is 5.91 Å². The lowest BCUT2D eigenvalue weighted by Gasteiger charge is -2.20. The van der Waals surface area contributed by atoms with Crippen LogP contribution in [0.2, 0.25) is 0 Å². The highest BCUT2D eigenvalue weighted by molar-refractivity contribution is 7.98. The number of aryl methyl sites for hydroxylation is 2. The summed E-state index contributed by atoms with van der Waals surface area (Å²) in [5.74, 6) is 1.41. The monoisotopic (exact) mass is 375 g/mol. The first-order valence-electron chi connectivity index (χ1n) is 8.65. The van der Waals surface area contributed by atoms with Crippen LogP contribution in [0.5, 0.6) is 11.5 Å². The summed E-state index contributed by atoms with van der Waals surface area (Å²) in [6.07, 6.45) is 7.94. The molecule has 132 valence electrons. The van der Waals surface area contributed by atoms with E-state index in [2.05, 4.69) is 11.4 Å². The first kappa shape index (κ1) is 16.8. The molecular formula is C19H21NO3S2. The average Bonchev–Trinajstić information content (AvgIpc) is 2.92. The van der Waals surface area contributed by atoms with Crippen molar-refractivity contribution < 1.29 is 14.3 Å². The Balaban J connectivity index is 1.58. The molecule has 0 bridgehead atoms. The predicted octanol–water partition coefficient (Wildman–Crippen LogP) is 4.76.